The van der Waals surface area contributed by atoms with Gasteiger partial charge in [-0.1, -0.05) is 65.7 Å². The molecule has 37 heavy (non-hydrogen) atoms. The van der Waals surface area contributed by atoms with Crippen LogP contribution in [-0.4, -0.2) is 19.5 Å². The molecule has 0 spiro atoms. The number of sulfonamides is 1. The third-order valence-corrected chi connectivity index (χ3v) is 9.88. The van der Waals surface area contributed by atoms with Crippen molar-refractivity contribution in [2.24, 2.45) is 0 Å². The zero-order valence-corrected chi connectivity index (χ0v) is 24.0. The first-order chi connectivity index (χ1) is 17.8. The normalized spacial score (nSPS) is 14.0. The van der Waals surface area contributed by atoms with Crippen molar-refractivity contribution in [2.75, 3.05) is 10.8 Å². The quantitative estimate of drug-likeness (QED) is 0.193. The number of hydrogen-bond donors (Lipinski definition) is 0. The number of hydrogen-bond acceptors (Lipinski definition) is 2. The van der Waals surface area contributed by atoms with Crippen LogP contribution in [-0.2, 0) is 16.6 Å². The van der Waals surface area contributed by atoms with E-state index in [1.54, 1.807) is 16.4 Å². The van der Waals surface area contributed by atoms with Gasteiger partial charge in [0.05, 0.1) is 17.1 Å². The number of fused-ring (bicyclic) bond motifs is 5. The maximum Gasteiger partial charge on any atom is 0.264 e. The van der Waals surface area contributed by atoms with Crippen LogP contribution in [0.3, 0.4) is 0 Å². The van der Waals surface area contributed by atoms with Crippen molar-refractivity contribution in [1.82, 2.24) is 4.57 Å². The molecular weight excluding hydrogens is 591 g/mol. The second-order valence-electron chi connectivity index (χ2n) is 9.59. The van der Waals surface area contributed by atoms with Gasteiger partial charge in [0, 0.05) is 43.1 Å². The Balaban J connectivity index is 1.73. The van der Waals surface area contributed by atoms with Crippen LogP contribution >= 0.6 is 22.6 Å². The Morgan fingerprint density at radius 2 is 1.59 bits per heavy atom. The van der Waals surface area contributed by atoms with Gasteiger partial charge < -0.3 is 4.57 Å². The summed E-state index contributed by atoms with van der Waals surface area (Å²) in [7, 11) is -3.77. The Morgan fingerprint density at radius 1 is 0.838 bits per heavy atom. The minimum Gasteiger partial charge on any atom is -0.341 e. The average molecular weight is 619 g/mol. The molecule has 1 aliphatic heterocycles. The molecule has 0 N–H and O–H groups in total. The maximum atomic E-state index is 14.1. The van der Waals surface area contributed by atoms with E-state index >= 15 is 0 Å². The minimum atomic E-state index is -3.77. The molecule has 1 aliphatic rings. The molecular formula is C31H27IN2O2S. The van der Waals surface area contributed by atoms with Crippen molar-refractivity contribution < 1.29 is 8.42 Å². The van der Waals surface area contributed by atoms with E-state index in [4.69, 9.17) is 0 Å². The summed E-state index contributed by atoms with van der Waals surface area (Å²) in [6.45, 7) is 7.34. The summed E-state index contributed by atoms with van der Waals surface area (Å²) < 4.78 is 33.0. The summed E-state index contributed by atoms with van der Waals surface area (Å²) in [5.74, 6) is 0. The van der Waals surface area contributed by atoms with Gasteiger partial charge in [-0.25, -0.2) is 8.42 Å². The van der Waals surface area contributed by atoms with E-state index < -0.39 is 10.0 Å². The predicted octanol–water partition coefficient (Wildman–Crippen LogP) is 7.83. The molecule has 1 aromatic heterocycles. The van der Waals surface area contributed by atoms with E-state index in [0.29, 0.717) is 11.4 Å². The lowest BCUT2D eigenvalue weighted by molar-refractivity contribution is 0.592. The van der Waals surface area contributed by atoms with Crippen LogP contribution in [0.2, 0.25) is 0 Å². The fourth-order valence-electron chi connectivity index (χ4n) is 5.51. The van der Waals surface area contributed by atoms with Crippen LogP contribution in [0.5, 0.6) is 0 Å². The molecule has 0 atom stereocenters. The molecule has 4 aromatic carbocycles. The summed E-state index contributed by atoms with van der Waals surface area (Å²) in [4.78, 5) is 0.309. The summed E-state index contributed by atoms with van der Waals surface area (Å²) in [5, 5.41) is 2.24. The molecule has 6 heteroatoms. The summed E-state index contributed by atoms with van der Waals surface area (Å²) in [6, 6.07) is 28.1. The number of benzene rings is 4. The van der Waals surface area contributed by atoms with Gasteiger partial charge in [0.25, 0.3) is 10.0 Å². The van der Waals surface area contributed by atoms with Crippen LogP contribution in [0, 0.1) is 13.8 Å². The highest BCUT2D eigenvalue weighted by Crippen LogP contribution is 2.48. The van der Waals surface area contributed by atoms with Crippen molar-refractivity contribution >= 4 is 65.7 Å². The van der Waals surface area contributed by atoms with Crippen molar-refractivity contribution in [2.45, 2.75) is 32.2 Å². The fourth-order valence-corrected chi connectivity index (χ4v) is 8.11. The second kappa shape index (κ2) is 9.03. The highest BCUT2D eigenvalue weighted by atomic mass is 127. The van der Waals surface area contributed by atoms with Gasteiger partial charge in [-0.05, 0) is 79.3 Å². The molecule has 0 fully saturated rings. The van der Waals surface area contributed by atoms with E-state index in [9.17, 15) is 8.42 Å². The first-order valence-corrected chi connectivity index (χ1v) is 14.9. The molecule has 186 valence electrons. The van der Waals surface area contributed by atoms with Crippen molar-refractivity contribution in [1.29, 1.82) is 0 Å². The third kappa shape index (κ3) is 3.80. The molecule has 0 aliphatic carbocycles. The third-order valence-electron chi connectivity index (χ3n) is 7.22. The highest BCUT2D eigenvalue weighted by Gasteiger charge is 2.35. The highest BCUT2D eigenvalue weighted by molar-refractivity contribution is 14.1. The summed E-state index contributed by atoms with van der Waals surface area (Å²) >= 11 is 2.35. The van der Waals surface area contributed by atoms with Crippen molar-refractivity contribution in [3.8, 4) is 0 Å². The van der Waals surface area contributed by atoms with Gasteiger partial charge in [-0.2, -0.15) is 0 Å². The number of rotatable bonds is 4. The van der Waals surface area contributed by atoms with E-state index in [0.717, 1.165) is 59.9 Å². The van der Waals surface area contributed by atoms with Crippen LogP contribution in [0.15, 0.2) is 93.4 Å². The Hall–Kier alpha value is -3.10. The Labute approximate surface area is 231 Å². The lowest BCUT2D eigenvalue weighted by atomic mass is 9.89. The molecule has 0 unspecified atom stereocenters. The van der Waals surface area contributed by atoms with Crippen LogP contribution < -0.4 is 4.31 Å². The number of aryl methyl sites for hydroxylation is 3. The van der Waals surface area contributed by atoms with Gasteiger partial charge in [0.1, 0.15) is 0 Å². The van der Waals surface area contributed by atoms with Gasteiger partial charge >= 0.3 is 0 Å². The second-order valence-corrected chi connectivity index (χ2v) is 12.8. The maximum absolute atomic E-state index is 14.1. The van der Waals surface area contributed by atoms with Gasteiger partial charge in [0.15, 0.2) is 0 Å². The number of nitrogens with zero attached hydrogens (tertiary/aromatic N) is 2. The number of para-hydroxylation sites is 1. The number of halogens is 1. The monoisotopic (exact) mass is 618 g/mol. The van der Waals surface area contributed by atoms with Gasteiger partial charge in [-0.15, -0.1) is 0 Å². The zero-order valence-electron chi connectivity index (χ0n) is 21.0. The zero-order chi connectivity index (χ0) is 25.9. The SMILES string of the molecule is CCn1c2ccccc2c2c3c(ccc21)N(S(=O)(=O)c1ccc(C)cc1)CC(I)=C3c1cccc(C)c1. The average Bonchev–Trinajstić information content (AvgIpc) is 3.22. The predicted molar refractivity (Wildman–Crippen MR) is 162 cm³/mol. The topological polar surface area (TPSA) is 42.3 Å². The summed E-state index contributed by atoms with van der Waals surface area (Å²) in [6.07, 6.45) is 0. The molecule has 0 bridgehead atoms. The van der Waals surface area contributed by atoms with Crippen LogP contribution in [0.4, 0.5) is 5.69 Å². The van der Waals surface area contributed by atoms with Gasteiger partial charge in [-0.3, -0.25) is 4.31 Å². The first kappa shape index (κ1) is 24.2. The van der Waals surface area contributed by atoms with Crippen LogP contribution in [0.25, 0.3) is 27.4 Å². The molecule has 6 rings (SSSR count). The summed E-state index contributed by atoms with van der Waals surface area (Å²) in [5.41, 5.74) is 8.41. The van der Waals surface area contributed by atoms with E-state index in [2.05, 4.69) is 95.6 Å². The first-order valence-electron chi connectivity index (χ1n) is 12.4. The molecule has 0 saturated heterocycles. The number of anilines is 1. The number of aromatic nitrogens is 1. The van der Waals surface area contributed by atoms with Crippen LogP contribution in [0.1, 0.15) is 29.2 Å². The molecule has 0 radical (unpaired) electrons. The molecule has 5 aromatic rings. The van der Waals surface area contributed by atoms with Crippen molar-refractivity contribution in [3.63, 3.8) is 0 Å². The Bertz CT molecular complexity index is 1830. The fraction of sp³-hybridized carbons (Fsp3) is 0.161. The van der Waals surface area contributed by atoms with Gasteiger partial charge in [0.2, 0.25) is 0 Å². The molecule has 0 amide bonds. The van der Waals surface area contributed by atoms with Crippen molar-refractivity contribution in [3.05, 3.63) is 111 Å². The van der Waals surface area contributed by atoms with E-state index in [-0.39, 0.29) is 0 Å². The Morgan fingerprint density at radius 3 is 2.32 bits per heavy atom. The smallest absolute Gasteiger partial charge is 0.264 e. The molecule has 0 saturated carbocycles. The van der Waals surface area contributed by atoms with E-state index in [1.807, 2.05) is 25.1 Å². The van der Waals surface area contributed by atoms with E-state index in [1.165, 1.54) is 5.56 Å². The molecule has 4 nitrogen and oxygen atoms in total. The largest absolute Gasteiger partial charge is 0.341 e. The lowest BCUT2D eigenvalue weighted by Gasteiger charge is -2.33. The Kier molecular flexibility index (Phi) is 5.92. The minimum absolute atomic E-state index is 0.297. The standard InChI is InChI=1S/C31H27IN2O2S/c1-4-33-26-11-6-5-10-24(26)30-27(33)16-17-28-31(30)29(22-9-7-8-21(3)18-22)25(32)19-34(28)37(35,36)23-14-12-20(2)13-15-23/h5-18H,4,19H2,1-3H3. The molecule has 2 heterocycles. The lowest BCUT2D eigenvalue weighted by Crippen LogP contribution is -2.35.